The van der Waals surface area contributed by atoms with Crippen molar-refractivity contribution in [1.82, 2.24) is 9.80 Å². The van der Waals surface area contributed by atoms with Gasteiger partial charge in [-0.2, -0.15) is 13.2 Å². The minimum Gasteiger partial charge on any atom is -0.454 e. The number of ether oxygens (including phenoxy) is 1. The van der Waals surface area contributed by atoms with Crippen LogP contribution in [0.2, 0.25) is 0 Å². The van der Waals surface area contributed by atoms with E-state index in [9.17, 15) is 22.4 Å². The molecule has 2 aliphatic rings. The molecule has 1 saturated heterocycles. The van der Waals surface area contributed by atoms with Crippen molar-refractivity contribution in [3.63, 3.8) is 0 Å². The zero-order valence-electron chi connectivity index (χ0n) is 19.2. The van der Waals surface area contributed by atoms with Gasteiger partial charge in [0.15, 0.2) is 5.75 Å². The summed E-state index contributed by atoms with van der Waals surface area (Å²) in [4.78, 5) is 21.0. The molecule has 5 rings (SSSR count). The van der Waals surface area contributed by atoms with Gasteiger partial charge in [-0.1, -0.05) is 24.3 Å². The number of amidine groups is 1. The van der Waals surface area contributed by atoms with Gasteiger partial charge in [0.05, 0.1) is 16.8 Å². The summed E-state index contributed by atoms with van der Waals surface area (Å²) < 4.78 is 60.0. The maximum Gasteiger partial charge on any atom is 0.416 e. The summed E-state index contributed by atoms with van der Waals surface area (Å²) in [5.74, 6) is 0.631. The Morgan fingerprint density at radius 3 is 2.53 bits per heavy atom. The van der Waals surface area contributed by atoms with Crippen LogP contribution in [0.25, 0.3) is 0 Å². The standard InChI is InChI=1S/C26H22F4N4O2/c1-16-15-33(12-13-34(16)25(35)32-20-8-4-3-7-19(20)27)24-18-6-2-5-9-22(18)36-23-11-10-17(26(28,29)30)14-21(23)31-24/h2-11,14,16H,12-13,15H2,1H3,(H,32,35). The van der Waals surface area contributed by atoms with Gasteiger partial charge in [-0.15, -0.1) is 0 Å². The molecular weight excluding hydrogens is 476 g/mol. The fourth-order valence-corrected chi connectivity index (χ4v) is 4.34. The van der Waals surface area contributed by atoms with E-state index in [2.05, 4.69) is 10.3 Å². The molecule has 2 heterocycles. The lowest BCUT2D eigenvalue weighted by atomic mass is 10.1. The monoisotopic (exact) mass is 498 g/mol. The van der Waals surface area contributed by atoms with Crippen LogP contribution in [-0.4, -0.2) is 47.3 Å². The average Bonchev–Trinajstić information content (AvgIpc) is 3.01. The molecule has 3 aromatic carbocycles. The molecule has 0 radical (unpaired) electrons. The molecule has 186 valence electrons. The molecule has 36 heavy (non-hydrogen) atoms. The number of aliphatic imine (C=N–C) groups is 1. The molecule has 3 aromatic rings. The number of urea groups is 1. The summed E-state index contributed by atoms with van der Waals surface area (Å²) in [6.07, 6.45) is -4.52. The quantitative estimate of drug-likeness (QED) is 0.403. The number of halogens is 4. The van der Waals surface area contributed by atoms with Gasteiger partial charge in [0.25, 0.3) is 0 Å². The Hall–Kier alpha value is -4.08. The van der Waals surface area contributed by atoms with Gasteiger partial charge in [-0.25, -0.2) is 14.2 Å². The topological polar surface area (TPSA) is 57.2 Å². The third-order valence-electron chi connectivity index (χ3n) is 6.16. The Labute approximate surface area is 204 Å². The summed E-state index contributed by atoms with van der Waals surface area (Å²) in [6, 6.07) is 15.5. The first-order chi connectivity index (χ1) is 17.2. The molecular formula is C26H22F4N4O2. The van der Waals surface area contributed by atoms with Crippen LogP contribution in [-0.2, 0) is 6.18 Å². The highest BCUT2D eigenvalue weighted by Crippen LogP contribution is 2.41. The van der Waals surface area contributed by atoms with E-state index in [1.165, 1.54) is 24.3 Å². The Balaban J connectivity index is 1.43. The number of carbonyl (C=O) groups excluding carboxylic acids is 1. The SMILES string of the molecule is CC1CN(C2=Nc3cc(C(F)(F)F)ccc3Oc3ccccc32)CCN1C(=O)Nc1ccccc1F. The van der Waals surface area contributed by atoms with E-state index in [-0.39, 0.29) is 23.2 Å². The average molecular weight is 498 g/mol. The molecule has 1 atom stereocenters. The predicted molar refractivity (Wildman–Crippen MR) is 127 cm³/mol. The molecule has 2 amide bonds. The van der Waals surface area contributed by atoms with E-state index in [1.807, 2.05) is 11.8 Å². The highest BCUT2D eigenvalue weighted by molar-refractivity contribution is 6.04. The molecule has 1 unspecified atom stereocenters. The first-order valence-electron chi connectivity index (χ1n) is 11.3. The van der Waals surface area contributed by atoms with Gasteiger partial charge in [0.1, 0.15) is 23.1 Å². The van der Waals surface area contributed by atoms with Gasteiger partial charge in [-0.3, -0.25) is 0 Å². The maximum atomic E-state index is 14.0. The van der Waals surface area contributed by atoms with Crippen LogP contribution >= 0.6 is 0 Å². The Bertz CT molecular complexity index is 1340. The Morgan fingerprint density at radius 2 is 1.78 bits per heavy atom. The number of benzene rings is 3. The van der Waals surface area contributed by atoms with Gasteiger partial charge < -0.3 is 19.9 Å². The van der Waals surface area contributed by atoms with Crippen LogP contribution in [0.3, 0.4) is 0 Å². The molecule has 1 N–H and O–H groups in total. The molecule has 2 aliphatic heterocycles. The molecule has 1 fully saturated rings. The Kier molecular flexibility index (Phi) is 6.03. The lowest BCUT2D eigenvalue weighted by molar-refractivity contribution is -0.137. The number of nitrogens with zero attached hydrogens (tertiary/aromatic N) is 3. The second kappa shape index (κ2) is 9.18. The van der Waals surface area contributed by atoms with Crippen LogP contribution < -0.4 is 10.1 Å². The first-order valence-corrected chi connectivity index (χ1v) is 11.3. The number of nitrogens with one attached hydrogen (secondary N) is 1. The van der Waals surface area contributed by atoms with E-state index in [1.54, 1.807) is 35.2 Å². The van der Waals surface area contributed by atoms with E-state index >= 15 is 0 Å². The molecule has 6 nitrogen and oxygen atoms in total. The van der Waals surface area contributed by atoms with Gasteiger partial charge in [0.2, 0.25) is 0 Å². The van der Waals surface area contributed by atoms with E-state index in [4.69, 9.17) is 4.74 Å². The largest absolute Gasteiger partial charge is 0.454 e. The van der Waals surface area contributed by atoms with Gasteiger partial charge >= 0.3 is 12.2 Å². The number of alkyl halides is 3. The fraction of sp³-hybridized carbons (Fsp3) is 0.231. The highest BCUT2D eigenvalue weighted by atomic mass is 19.4. The summed E-state index contributed by atoms with van der Waals surface area (Å²) in [5, 5.41) is 2.60. The Morgan fingerprint density at radius 1 is 1.03 bits per heavy atom. The second-order valence-electron chi connectivity index (χ2n) is 8.61. The van der Waals surface area contributed by atoms with Crippen molar-refractivity contribution < 1.29 is 27.1 Å². The van der Waals surface area contributed by atoms with Crippen LogP contribution in [0.5, 0.6) is 11.5 Å². The van der Waals surface area contributed by atoms with Crippen LogP contribution in [0.15, 0.2) is 71.7 Å². The molecule has 0 saturated carbocycles. The number of para-hydroxylation sites is 2. The number of amides is 2. The minimum atomic E-state index is -4.52. The van der Waals surface area contributed by atoms with Crippen molar-refractivity contribution in [3.8, 4) is 11.5 Å². The minimum absolute atomic E-state index is 0.0726. The number of hydrogen-bond donors (Lipinski definition) is 1. The van der Waals surface area contributed by atoms with E-state index in [0.717, 1.165) is 12.1 Å². The summed E-state index contributed by atoms with van der Waals surface area (Å²) in [5.41, 5.74) is -0.0162. The number of carbonyl (C=O) groups is 1. The second-order valence-corrected chi connectivity index (χ2v) is 8.61. The third kappa shape index (κ3) is 4.58. The molecule has 10 heteroatoms. The number of rotatable bonds is 1. The number of piperazine rings is 1. The summed E-state index contributed by atoms with van der Waals surface area (Å²) >= 11 is 0. The third-order valence-corrected chi connectivity index (χ3v) is 6.16. The number of anilines is 1. The van der Waals surface area contributed by atoms with E-state index < -0.39 is 23.6 Å². The van der Waals surface area contributed by atoms with Gasteiger partial charge in [0, 0.05) is 25.7 Å². The van der Waals surface area contributed by atoms with Crippen molar-refractivity contribution in [2.75, 3.05) is 25.0 Å². The van der Waals surface area contributed by atoms with Crippen LogP contribution in [0.4, 0.5) is 33.7 Å². The first kappa shape index (κ1) is 23.7. The summed E-state index contributed by atoms with van der Waals surface area (Å²) in [7, 11) is 0. The molecule has 0 aromatic heterocycles. The predicted octanol–water partition coefficient (Wildman–Crippen LogP) is 6.27. The lowest BCUT2D eigenvalue weighted by Gasteiger charge is -2.41. The zero-order chi connectivity index (χ0) is 25.4. The van der Waals surface area contributed by atoms with E-state index in [0.29, 0.717) is 36.8 Å². The zero-order valence-corrected chi connectivity index (χ0v) is 19.2. The maximum absolute atomic E-state index is 14.0. The highest BCUT2D eigenvalue weighted by Gasteiger charge is 2.34. The van der Waals surface area contributed by atoms with Crippen molar-refractivity contribution in [3.05, 3.63) is 83.7 Å². The molecule has 0 spiro atoms. The van der Waals surface area contributed by atoms with Gasteiger partial charge in [-0.05, 0) is 49.4 Å². The van der Waals surface area contributed by atoms with Crippen molar-refractivity contribution in [2.45, 2.75) is 19.1 Å². The lowest BCUT2D eigenvalue weighted by Crippen LogP contribution is -2.56. The normalized spacial score (nSPS) is 17.4. The fourth-order valence-electron chi connectivity index (χ4n) is 4.34. The molecule has 0 bridgehead atoms. The van der Waals surface area contributed by atoms with Crippen molar-refractivity contribution >= 4 is 23.2 Å². The van der Waals surface area contributed by atoms with Crippen LogP contribution in [0.1, 0.15) is 18.1 Å². The molecule has 0 aliphatic carbocycles. The van der Waals surface area contributed by atoms with Crippen molar-refractivity contribution in [1.29, 1.82) is 0 Å². The van der Waals surface area contributed by atoms with Crippen LogP contribution in [0, 0.1) is 5.82 Å². The number of hydrogen-bond acceptors (Lipinski definition) is 4. The summed E-state index contributed by atoms with van der Waals surface area (Å²) in [6.45, 7) is 2.89. The van der Waals surface area contributed by atoms with Crippen molar-refractivity contribution in [2.24, 2.45) is 4.99 Å². The number of fused-ring (bicyclic) bond motifs is 2. The smallest absolute Gasteiger partial charge is 0.416 e.